The van der Waals surface area contributed by atoms with Gasteiger partial charge in [0.1, 0.15) is 0 Å². The van der Waals surface area contributed by atoms with Gasteiger partial charge in [-0.2, -0.15) is 0 Å². The average Bonchev–Trinajstić information content (AvgIpc) is 3.05. The highest BCUT2D eigenvalue weighted by atomic mass is 35.5. The molecular formula is C15H19Cl2N3O4S. The Morgan fingerprint density at radius 1 is 1.24 bits per heavy atom. The molecule has 1 aliphatic heterocycles. The van der Waals surface area contributed by atoms with Crippen LogP contribution < -0.4 is 5.32 Å². The third kappa shape index (κ3) is 4.53. The van der Waals surface area contributed by atoms with E-state index in [1.165, 1.54) is 12.1 Å². The fraction of sp³-hybridized carbons (Fsp3) is 0.333. The van der Waals surface area contributed by atoms with E-state index in [0.29, 0.717) is 5.56 Å². The fourth-order valence-corrected chi connectivity index (χ4v) is 3.75. The number of thiophene rings is 1. The van der Waals surface area contributed by atoms with Crippen molar-refractivity contribution in [1.29, 1.82) is 0 Å². The third-order valence-electron chi connectivity index (χ3n) is 3.93. The molecule has 3 N–H and O–H groups in total. The van der Waals surface area contributed by atoms with E-state index in [4.69, 9.17) is 0 Å². The van der Waals surface area contributed by atoms with E-state index >= 15 is 0 Å². The zero-order chi connectivity index (χ0) is 16.4. The highest BCUT2D eigenvalue weighted by molar-refractivity contribution is 7.10. The Balaban J connectivity index is 0.00000156. The SMILES string of the molecule is Cl.Cl.O=[N+]([O-])c1cc([C@@H](c2cccs2)N2CCNCC2)cc(O)c1O. The number of phenols is 2. The van der Waals surface area contributed by atoms with Crippen LogP contribution in [0, 0.1) is 10.1 Å². The molecule has 0 radical (unpaired) electrons. The molecule has 0 unspecified atom stereocenters. The molecule has 0 amide bonds. The molecule has 0 saturated carbocycles. The summed E-state index contributed by atoms with van der Waals surface area (Å²) in [6, 6.07) is 6.50. The predicted molar refractivity (Wildman–Crippen MR) is 102 cm³/mol. The third-order valence-corrected chi connectivity index (χ3v) is 4.86. The van der Waals surface area contributed by atoms with Crippen molar-refractivity contribution in [3.63, 3.8) is 0 Å². The first kappa shape index (κ1) is 21.5. The molecule has 2 aromatic rings. The number of rotatable bonds is 4. The molecule has 138 valence electrons. The second kappa shape index (κ2) is 9.21. The molecule has 10 heteroatoms. The number of hydrogen-bond acceptors (Lipinski definition) is 7. The smallest absolute Gasteiger partial charge is 0.314 e. The Bertz CT molecular complexity index is 709. The summed E-state index contributed by atoms with van der Waals surface area (Å²) in [6.45, 7) is 3.29. The van der Waals surface area contributed by atoms with Crippen LogP contribution in [0.1, 0.15) is 16.5 Å². The monoisotopic (exact) mass is 407 g/mol. The summed E-state index contributed by atoms with van der Waals surface area (Å²) in [5.74, 6) is -1.16. The number of nitro groups is 1. The Kier molecular flexibility index (Phi) is 7.91. The molecule has 0 aliphatic carbocycles. The van der Waals surface area contributed by atoms with E-state index in [-0.39, 0.29) is 30.9 Å². The second-order valence-electron chi connectivity index (χ2n) is 5.37. The van der Waals surface area contributed by atoms with Gasteiger partial charge in [-0.3, -0.25) is 15.0 Å². The van der Waals surface area contributed by atoms with Gasteiger partial charge in [-0.1, -0.05) is 6.07 Å². The maximum absolute atomic E-state index is 11.1. The Hall–Kier alpha value is -1.58. The van der Waals surface area contributed by atoms with E-state index in [9.17, 15) is 20.3 Å². The van der Waals surface area contributed by atoms with Crippen LogP contribution in [0.3, 0.4) is 0 Å². The number of nitrogens with one attached hydrogen (secondary N) is 1. The van der Waals surface area contributed by atoms with Crippen molar-refractivity contribution in [3.05, 3.63) is 50.2 Å². The van der Waals surface area contributed by atoms with E-state index < -0.39 is 22.1 Å². The lowest BCUT2D eigenvalue weighted by atomic mass is 10.0. The minimum atomic E-state index is -0.691. The number of nitrogens with zero attached hydrogens (tertiary/aromatic N) is 2. The number of benzene rings is 1. The molecule has 7 nitrogen and oxygen atoms in total. The highest BCUT2D eigenvalue weighted by Gasteiger charge is 2.28. The van der Waals surface area contributed by atoms with Crippen LogP contribution in [0.25, 0.3) is 0 Å². The molecular weight excluding hydrogens is 389 g/mol. The zero-order valence-electron chi connectivity index (χ0n) is 13.1. The quantitative estimate of drug-likeness (QED) is 0.409. The average molecular weight is 408 g/mol. The van der Waals surface area contributed by atoms with E-state index in [2.05, 4.69) is 10.2 Å². The molecule has 2 heterocycles. The minimum Gasteiger partial charge on any atom is -0.504 e. The van der Waals surface area contributed by atoms with Gasteiger partial charge in [0.2, 0.25) is 5.75 Å². The maximum atomic E-state index is 11.1. The number of aromatic hydroxyl groups is 2. The first-order chi connectivity index (χ1) is 11.1. The largest absolute Gasteiger partial charge is 0.504 e. The van der Waals surface area contributed by atoms with E-state index in [1.54, 1.807) is 11.3 Å². The van der Waals surface area contributed by atoms with Gasteiger partial charge >= 0.3 is 5.69 Å². The predicted octanol–water partition coefficient (Wildman–Crippen LogP) is 2.91. The van der Waals surface area contributed by atoms with Crippen molar-refractivity contribution in [1.82, 2.24) is 10.2 Å². The number of hydrogen-bond donors (Lipinski definition) is 3. The van der Waals surface area contributed by atoms with Crippen molar-refractivity contribution in [3.8, 4) is 11.5 Å². The number of nitro benzene ring substituents is 1. The first-order valence-electron chi connectivity index (χ1n) is 7.26. The van der Waals surface area contributed by atoms with Gasteiger partial charge in [0, 0.05) is 37.1 Å². The van der Waals surface area contributed by atoms with E-state index in [0.717, 1.165) is 31.1 Å². The summed E-state index contributed by atoms with van der Waals surface area (Å²) in [4.78, 5) is 13.7. The topological polar surface area (TPSA) is 98.9 Å². The summed E-state index contributed by atoms with van der Waals surface area (Å²) in [5.41, 5.74) is 0.132. The highest BCUT2D eigenvalue weighted by Crippen LogP contribution is 2.41. The van der Waals surface area contributed by atoms with Crippen LogP contribution in [0.5, 0.6) is 11.5 Å². The molecule has 1 aromatic carbocycles. The summed E-state index contributed by atoms with van der Waals surface area (Å²) < 4.78 is 0. The van der Waals surface area contributed by atoms with Crippen LogP contribution in [-0.2, 0) is 0 Å². The minimum absolute atomic E-state index is 0. The van der Waals surface area contributed by atoms with Gasteiger partial charge < -0.3 is 15.5 Å². The molecule has 1 atom stereocenters. The molecule has 1 aromatic heterocycles. The summed E-state index contributed by atoms with van der Waals surface area (Å²) in [7, 11) is 0. The Morgan fingerprint density at radius 3 is 2.48 bits per heavy atom. The normalized spacial score (nSPS) is 15.7. The maximum Gasteiger partial charge on any atom is 0.314 e. The van der Waals surface area contributed by atoms with E-state index in [1.807, 2.05) is 17.5 Å². The standard InChI is InChI=1S/C15H17N3O4S.2ClH/c19-12-9-10(8-11(15(12)20)18(21)22)14(13-2-1-7-23-13)17-5-3-16-4-6-17;;/h1-2,7-9,14,16,19-20H,3-6H2;2*1H/t14-;;/m0../s1. The molecule has 1 aliphatic rings. The van der Waals surface area contributed by atoms with Crippen molar-refractivity contribution in [2.24, 2.45) is 0 Å². The molecule has 0 spiro atoms. The van der Waals surface area contributed by atoms with Crippen LogP contribution in [0.4, 0.5) is 5.69 Å². The van der Waals surface area contributed by atoms with Gasteiger partial charge in [-0.05, 0) is 23.1 Å². The molecule has 25 heavy (non-hydrogen) atoms. The lowest BCUT2D eigenvalue weighted by molar-refractivity contribution is -0.386. The summed E-state index contributed by atoms with van der Waals surface area (Å²) in [6.07, 6.45) is 0. The van der Waals surface area contributed by atoms with Crippen LogP contribution in [0.15, 0.2) is 29.6 Å². The van der Waals surface area contributed by atoms with Crippen molar-refractivity contribution < 1.29 is 15.1 Å². The van der Waals surface area contributed by atoms with Crippen molar-refractivity contribution >= 4 is 41.8 Å². The summed E-state index contributed by atoms with van der Waals surface area (Å²) in [5, 5.41) is 36.0. The Morgan fingerprint density at radius 2 is 1.92 bits per heavy atom. The van der Waals surface area contributed by atoms with Gasteiger partial charge in [0.25, 0.3) is 0 Å². The Labute approximate surface area is 161 Å². The first-order valence-corrected chi connectivity index (χ1v) is 8.14. The number of halogens is 2. The fourth-order valence-electron chi connectivity index (χ4n) is 2.86. The molecule has 0 bridgehead atoms. The van der Waals surface area contributed by atoms with Gasteiger partial charge in [-0.15, -0.1) is 36.2 Å². The second-order valence-corrected chi connectivity index (χ2v) is 6.35. The lowest BCUT2D eigenvalue weighted by Crippen LogP contribution is -2.45. The van der Waals surface area contributed by atoms with Crippen LogP contribution in [-0.4, -0.2) is 46.2 Å². The van der Waals surface area contributed by atoms with Crippen molar-refractivity contribution in [2.45, 2.75) is 6.04 Å². The van der Waals surface area contributed by atoms with Crippen LogP contribution in [0.2, 0.25) is 0 Å². The van der Waals surface area contributed by atoms with Crippen molar-refractivity contribution in [2.75, 3.05) is 26.2 Å². The van der Waals surface area contributed by atoms with Gasteiger partial charge in [0.05, 0.1) is 11.0 Å². The van der Waals surface area contributed by atoms with Gasteiger partial charge in [-0.25, -0.2) is 0 Å². The number of phenolic OH excluding ortho intramolecular Hbond substituents is 2. The summed E-state index contributed by atoms with van der Waals surface area (Å²) >= 11 is 1.57. The molecule has 3 rings (SSSR count). The van der Waals surface area contributed by atoms with Gasteiger partial charge in [0.15, 0.2) is 5.75 Å². The van der Waals surface area contributed by atoms with Crippen LogP contribution >= 0.6 is 36.2 Å². The molecule has 1 fully saturated rings. The number of piperazine rings is 1. The molecule has 1 saturated heterocycles. The lowest BCUT2D eigenvalue weighted by Gasteiger charge is -2.34. The zero-order valence-corrected chi connectivity index (χ0v) is 15.6.